The summed E-state index contributed by atoms with van der Waals surface area (Å²) in [6, 6.07) is 18.5. The Morgan fingerprint density at radius 2 is 1.38 bits per heavy atom. The van der Waals surface area contributed by atoms with E-state index >= 15 is 0 Å². The maximum Gasteiger partial charge on any atom is 0.220 e. The molecule has 0 saturated carbocycles. The number of aliphatic hydroxyl groups is 1. The van der Waals surface area contributed by atoms with Crippen molar-refractivity contribution in [2.45, 2.75) is 31.4 Å². The molecule has 3 aromatic rings. The standard InChI is InChI=1S/C25H27FINO5S/c1-17(25(29)23-13-8-20(27)14-24(23)26)34(30,31)28(15-18-4-9-21(32-2)10-5-18)16-19-6-11-22(33-3)12-7-19/h4-14,17,25,29H,15-16H2,1-3H3/t17-,25+/m0/s1. The second kappa shape index (κ2) is 11.5. The van der Waals surface area contributed by atoms with Crippen molar-refractivity contribution in [1.82, 2.24) is 4.31 Å². The Kier molecular flexibility index (Phi) is 8.91. The predicted octanol–water partition coefficient (Wildman–Crippen LogP) is 4.90. The molecule has 0 amide bonds. The van der Waals surface area contributed by atoms with Gasteiger partial charge in [0, 0.05) is 22.2 Å². The van der Waals surface area contributed by atoms with Crippen molar-refractivity contribution in [2.24, 2.45) is 0 Å². The average molecular weight is 599 g/mol. The Labute approximate surface area is 213 Å². The van der Waals surface area contributed by atoms with Crippen LogP contribution in [0.3, 0.4) is 0 Å². The highest BCUT2D eigenvalue weighted by atomic mass is 127. The van der Waals surface area contributed by atoms with E-state index < -0.39 is 27.2 Å². The molecule has 0 fully saturated rings. The summed E-state index contributed by atoms with van der Waals surface area (Å²) in [5.41, 5.74) is 1.45. The van der Waals surface area contributed by atoms with Gasteiger partial charge >= 0.3 is 0 Å². The zero-order chi connectivity index (χ0) is 24.9. The first-order valence-corrected chi connectivity index (χ1v) is 13.1. The minimum atomic E-state index is -4.05. The lowest BCUT2D eigenvalue weighted by atomic mass is 10.1. The molecular weight excluding hydrogens is 572 g/mol. The van der Waals surface area contributed by atoms with Crippen LogP contribution < -0.4 is 9.47 Å². The van der Waals surface area contributed by atoms with Gasteiger partial charge in [0.1, 0.15) is 22.6 Å². The van der Waals surface area contributed by atoms with Crippen LogP contribution in [-0.4, -0.2) is 37.3 Å². The Hall–Kier alpha value is -2.21. The molecule has 0 aliphatic heterocycles. The van der Waals surface area contributed by atoms with Crippen LogP contribution in [0.5, 0.6) is 11.5 Å². The number of halogens is 2. The number of sulfonamides is 1. The average Bonchev–Trinajstić information content (AvgIpc) is 2.83. The third-order valence-electron chi connectivity index (χ3n) is 5.59. The van der Waals surface area contributed by atoms with Gasteiger partial charge in [0.2, 0.25) is 10.0 Å². The van der Waals surface area contributed by atoms with E-state index in [-0.39, 0.29) is 18.7 Å². The Balaban J connectivity index is 1.93. The normalized spacial score (nSPS) is 13.5. The van der Waals surface area contributed by atoms with Crippen molar-refractivity contribution in [1.29, 1.82) is 0 Å². The zero-order valence-electron chi connectivity index (χ0n) is 19.1. The van der Waals surface area contributed by atoms with Gasteiger partial charge in [-0.25, -0.2) is 12.8 Å². The van der Waals surface area contributed by atoms with Gasteiger partial charge < -0.3 is 14.6 Å². The second-order valence-electron chi connectivity index (χ2n) is 7.82. The first kappa shape index (κ1) is 26.4. The van der Waals surface area contributed by atoms with Crippen LogP contribution in [0.15, 0.2) is 66.7 Å². The Morgan fingerprint density at radius 1 is 0.912 bits per heavy atom. The van der Waals surface area contributed by atoms with E-state index in [4.69, 9.17) is 9.47 Å². The van der Waals surface area contributed by atoms with Crippen molar-refractivity contribution in [3.63, 3.8) is 0 Å². The molecule has 0 aliphatic rings. The highest BCUT2D eigenvalue weighted by molar-refractivity contribution is 14.1. The maximum absolute atomic E-state index is 14.5. The number of rotatable bonds is 10. The molecule has 0 aliphatic carbocycles. The number of methoxy groups -OCH3 is 2. The summed E-state index contributed by atoms with van der Waals surface area (Å²) < 4.78 is 54.2. The fraction of sp³-hybridized carbons (Fsp3) is 0.280. The lowest BCUT2D eigenvalue weighted by Crippen LogP contribution is -2.39. The van der Waals surface area contributed by atoms with Gasteiger partial charge in [-0.2, -0.15) is 4.31 Å². The molecule has 1 N–H and O–H groups in total. The Bertz CT molecular complexity index is 1150. The van der Waals surface area contributed by atoms with Crippen LogP contribution in [0.1, 0.15) is 29.7 Å². The molecule has 6 nitrogen and oxygen atoms in total. The molecule has 9 heteroatoms. The van der Waals surface area contributed by atoms with E-state index in [9.17, 15) is 17.9 Å². The van der Waals surface area contributed by atoms with E-state index in [1.807, 2.05) is 22.6 Å². The van der Waals surface area contributed by atoms with E-state index in [1.54, 1.807) is 68.8 Å². The maximum atomic E-state index is 14.5. The van der Waals surface area contributed by atoms with Crippen LogP contribution in [0.4, 0.5) is 4.39 Å². The van der Waals surface area contributed by atoms with Gasteiger partial charge in [-0.1, -0.05) is 30.3 Å². The van der Waals surface area contributed by atoms with E-state index in [0.29, 0.717) is 15.1 Å². The van der Waals surface area contributed by atoms with Crippen LogP contribution in [0.25, 0.3) is 0 Å². The van der Waals surface area contributed by atoms with Crippen molar-refractivity contribution in [3.8, 4) is 11.5 Å². The molecule has 3 rings (SSSR count). The molecule has 0 aromatic heterocycles. The summed E-state index contributed by atoms with van der Waals surface area (Å²) in [4.78, 5) is 0. The lowest BCUT2D eigenvalue weighted by Gasteiger charge is -2.29. The van der Waals surface area contributed by atoms with E-state index in [0.717, 1.165) is 11.1 Å². The van der Waals surface area contributed by atoms with Crippen LogP contribution in [0, 0.1) is 9.39 Å². The number of hydrogen-bond donors (Lipinski definition) is 1. The molecule has 0 saturated heterocycles. The quantitative estimate of drug-likeness (QED) is 0.336. The third kappa shape index (κ3) is 6.26. The van der Waals surface area contributed by atoms with Gasteiger partial charge in [0.25, 0.3) is 0 Å². The predicted molar refractivity (Wildman–Crippen MR) is 138 cm³/mol. The summed E-state index contributed by atoms with van der Waals surface area (Å²) in [5, 5.41) is 9.55. The molecule has 34 heavy (non-hydrogen) atoms. The van der Waals surface area contributed by atoms with E-state index in [1.165, 1.54) is 23.4 Å². The molecule has 0 radical (unpaired) electrons. The fourth-order valence-corrected chi connectivity index (χ4v) is 5.55. The fourth-order valence-electron chi connectivity index (χ4n) is 3.50. The molecule has 0 unspecified atom stereocenters. The van der Waals surface area contributed by atoms with Gasteiger partial charge in [0.15, 0.2) is 0 Å². The van der Waals surface area contributed by atoms with Gasteiger partial charge in [-0.05, 0) is 77.0 Å². The molecular formula is C25H27FINO5S. The Morgan fingerprint density at radius 3 is 1.79 bits per heavy atom. The lowest BCUT2D eigenvalue weighted by molar-refractivity contribution is 0.167. The highest BCUT2D eigenvalue weighted by Crippen LogP contribution is 2.29. The summed E-state index contributed by atoms with van der Waals surface area (Å²) >= 11 is 1.96. The SMILES string of the molecule is COc1ccc(CN(Cc2ccc(OC)cc2)S(=O)(=O)[C@@H](C)[C@@H](O)c2ccc(I)cc2F)cc1. The number of benzene rings is 3. The molecule has 0 bridgehead atoms. The first-order valence-electron chi connectivity index (χ1n) is 10.5. The van der Waals surface area contributed by atoms with Gasteiger partial charge in [0.05, 0.1) is 20.3 Å². The molecule has 0 spiro atoms. The van der Waals surface area contributed by atoms with Crippen molar-refractivity contribution >= 4 is 32.6 Å². The van der Waals surface area contributed by atoms with Gasteiger partial charge in [-0.15, -0.1) is 0 Å². The van der Waals surface area contributed by atoms with E-state index in [2.05, 4.69) is 0 Å². The van der Waals surface area contributed by atoms with Gasteiger partial charge in [-0.3, -0.25) is 0 Å². The number of ether oxygens (including phenoxy) is 2. The minimum absolute atomic E-state index is 0.0506. The van der Waals surface area contributed by atoms with Crippen LogP contribution in [-0.2, 0) is 23.1 Å². The largest absolute Gasteiger partial charge is 0.497 e. The minimum Gasteiger partial charge on any atom is -0.497 e. The molecule has 2 atom stereocenters. The number of aliphatic hydroxyl groups excluding tert-OH is 1. The summed E-state index contributed by atoms with van der Waals surface area (Å²) in [6.07, 6.45) is -1.53. The smallest absolute Gasteiger partial charge is 0.220 e. The zero-order valence-corrected chi connectivity index (χ0v) is 22.1. The van der Waals surface area contributed by atoms with Crippen LogP contribution in [0.2, 0.25) is 0 Å². The summed E-state index contributed by atoms with van der Waals surface area (Å²) in [7, 11) is -0.935. The highest BCUT2D eigenvalue weighted by Gasteiger charge is 2.35. The number of hydrogen-bond acceptors (Lipinski definition) is 5. The van der Waals surface area contributed by atoms with Crippen molar-refractivity contribution < 1.29 is 27.4 Å². The first-order chi connectivity index (χ1) is 16.1. The molecule has 0 heterocycles. The number of nitrogens with zero attached hydrogens (tertiary/aromatic N) is 1. The molecule has 3 aromatic carbocycles. The monoisotopic (exact) mass is 599 g/mol. The van der Waals surface area contributed by atoms with Crippen LogP contribution >= 0.6 is 22.6 Å². The third-order valence-corrected chi connectivity index (χ3v) is 8.44. The van der Waals surface area contributed by atoms with Crippen molar-refractivity contribution in [2.75, 3.05) is 14.2 Å². The summed E-state index contributed by atoms with van der Waals surface area (Å²) in [6.45, 7) is 1.54. The topological polar surface area (TPSA) is 76.1 Å². The van der Waals surface area contributed by atoms with Crippen molar-refractivity contribution in [3.05, 3.63) is 92.8 Å². The second-order valence-corrected chi connectivity index (χ2v) is 11.4. The molecule has 182 valence electrons. The summed E-state index contributed by atoms with van der Waals surface area (Å²) in [5.74, 6) is 0.677.